The second-order valence-electron chi connectivity index (χ2n) is 7.05. The number of rotatable bonds is 4. The Bertz CT molecular complexity index is 1150. The third-order valence-corrected chi connectivity index (χ3v) is 4.92. The van der Waals surface area contributed by atoms with Crippen LogP contribution in [0.15, 0.2) is 48.8 Å². The van der Waals surface area contributed by atoms with Gasteiger partial charge in [-0.1, -0.05) is 12.1 Å². The second kappa shape index (κ2) is 7.90. The lowest BCUT2D eigenvalue weighted by Gasteiger charge is -2.26. The lowest BCUT2D eigenvalue weighted by molar-refractivity contribution is -0.145. The summed E-state index contributed by atoms with van der Waals surface area (Å²) >= 11 is 0. The maximum Gasteiger partial charge on any atom is 0.329 e. The largest absolute Gasteiger partial charge is 0.368 e. The summed E-state index contributed by atoms with van der Waals surface area (Å²) < 4.78 is 14.1. The normalized spacial score (nSPS) is 15.2. The highest BCUT2D eigenvalue weighted by Crippen LogP contribution is 2.38. The number of aromatic nitrogens is 3. The van der Waals surface area contributed by atoms with Crippen LogP contribution in [0.4, 0.5) is 10.3 Å². The van der Waals surface area contributed by atoms with Crippen molar-refractivity contribution in [1.82, 2.24) is 20.4 Å². The van der Waals surface area contributed by atoms with Crippen molar-refractivity contribution < 1.29 is 14.0 Å². The van der Waals surface area contributed by atoms with Gasteiger partial charge in [0.15, 0.2) is 0 Å². The Balaban J connectivity index is 1.84. The SMILES string of the molecule is CC(=O)ONC1=CC(c2ccc(F)cc2-c2cccnc2)Cc2nc(N)nc(C)c21. The van der Waals surface area contributed by atoms with Crippen molar-refractivity contribution in [3.8, 4) is 11.1 Å². The Kier molecular flexibility index (Phi) is 5.14. The molecule has 1 unspecified atom stereocenters. The number of anilines is 1. The molecule has 0 saturated heterocycles. The monoisotopic (exact) mass is 405 g/mol. The van der Waals surface area contributed by atoms with Crippen molar-refractivity contribution in [3.63, 3.8) is 0 Å². The number of carbonyl (C=O) groups excluding carboxylic acids is 1. The highest BCUT2D eigenvalue weighted by Gasteiger charge is 2.27. The van der Waals surface area contributed by atoms with E-state index in [-0.39, 0.29) is 17.7 Å². The molecule has 1 atom stereocenters. The second-order valence-corrected chi connectivity index (χ2v) is 7.05. The van der Waals surface area contributed by atoms with E-state index in [1.54, 1.807) is 24.5 Å². The molecule has 0 radical (unpaired) electrons. The van der Waals surface area contributed by atoms with E-state index in [9.17, 15) is 9.18 Å². The quantitative estimate of drug-likeness (QED) is 0.642. The number of allylic oxidation sites excluding steroid dienone is 1. The number of nitrogens with zero attached hydrogens (tertiary/aromatic N) is 3. The van der Waals surface area contributed by atoms with Crippen LogP contribution in [0.1, 0.15) is 35.4 Å². The van der Waals surface area contributed by atoms with Crippen LogP contribution in [-0.4, -0.2) is 20.9 Å². The molecule has 2 aromatic heterocycles. The van der Waals surface area contributed by atoms with Gasteiger partial charge in [0.25, 0.3) is 0 Å². The Hall–Kier alpha value is -3.81. The summed E-state index contributed by atoms with van der Waals surface area (Å²) in [7, 11) is 0. The molecule has 0 aliphatic heterocycles. The van der Waals surface area contributed by atoms with Gasteiger partial charge in [-0.2, -0.15) is 0 Å². The van der Waals surface area contributed by atoms with Crippen LogP contribution >= 0.6 is 0 Å². The maximum absolute atomic E-state index is 14.1. The van der Waals surface area contributed by atoms with E-state index < -0.39 is 5.97 Å². The van der Waals surface area contributed by atoms with Crippen LogP contribution in [0.2, 0.25) is 0 Å². The van der Waals surface area contributed by atoms with Gasteiger partial charge in [-0.3, -0.25) is 9.78 Å². The molecule has 1 aliphatic carbocycles. The minimum absolute atomic E-state index is 0.167. The van der Waals surface area contributed by atoms with E-state index in [2.05, 4.69) is 20.4 Å². The summed E-state index contributed by atoms with van der Waals surface area (Å²) in [6.07, 6.45) is 5.84. The number of hydrogen-bond donors (Lipinski definition) is 2. The maximum atomic E-state index is 14.1. The number of halogens is 1. The molecular formula is C22H20FN5O2. The summed E-state index contributed by atoms with van der Waals surface area (Å²) in [6.45, 7) is 3.13. The van der Waals surface area contributed by atoms with E-state index in [1.165, 1.54) is 19.1 Å². The molecule has 1 aromatic carbocycles. The lowest BCUT2D eigenvalue weighted by atomic mass is 9.82. The van der Waals surface area contributed by atoms with Crippen molar-refractivity contribution in [2.45, 2.75) is 26.2 Å². The van der Waals surface area contributed by atoms with Crippen molar-refractivity contribution in [2.24, 2.45) is 0 Å². The molecule has 152 valence electrons. The first kappa shape index (κ1) is 19.5. The van der Waals surface area contributed by atoms with E-state index in [1.807, 2.05) is 19.1 Å². The number of pyridine rings is 1. The topological polar surface area (TPSA) is 103 Å². The van der Waals surface area contributed by atoms with E-state index in [0.717, 1.165) is 27.9 Å². The van der Waals surface area contributed by atoms with Crippen molar-refractivity contribution >= 4 is 17.6 Å². The number of nitrogen functional groups attached to an aromatic ring is 1. The molecule has 7 nitrogen and oxygen atoms in total. The Morgan fingerprint density at radius 1 is 1.30 bits per heavy atom. The molecule has 30 heavy (non-hydrogen) atoms. The van der Waals surface area contributed by atoms with Crippen molar-refractivity contribution in [2.75, 3.05) is 5.73 Å². The van der Waals surface area contributed by atoms with Gasteiger partial charge in [-0.15, -0.1) is 0 Å². The van der Waals surface area contributed by atoms with Gasteiger partial charge in [0, 0.05) is 42.8 Å². The summed E-state index contributed by atoms with van der Waals surface area (Å²) in [5.74, 6) is -0.810. The van der Waals surface area contributed by atoms with Crippen LogP contribution in [0.5, 0.6) is 0 Å². The molecule has 0 fully saturated rings. The summed E-state index contributed by atoms with van der Waals surface area (Å²) in [6, 6.07) is 8.37. The number of nitrogens with two attached hydrogens (primary N) is 1. The molecular weight excluding hydrogens is 385 g/mol. The standard InChI is InChI=1S/C22H20FN5O2/c1-12-21-19(27-22(24)26-12)8-15(9-20(21)28-30-13(2)29)17-6-5-16(23)10-18(17)14-4-3-7-25-11-14/h3-7,9-11,15,28H,8H2,1-2H3,(H2,24,26,27). The fraction of sp³-hybridized carbons (Fsp3) is 0.182. The number of nitrogens with one attached hydrogen (secondary N) is 1. The fourth-order valence-electron chi connectivity index (χ4n) is 3.74. The predicted octanol–water partition coefficient (Wildman–Crippen LogP) is 3.32. The average Bonchev–Trinajstić information content (AvgIpc) is 2.72. The molecule has 4 rings (SSSR count). The number of fused-ring (bicyclic) bond motifs is 1. The molecule has 0 bridgehead atoms. The van der Waals surface area contributed by atoms with Crippen LogP contribution in [0, 0.1) is 12.7 Å². The highest BCUT2D eigenvalue weighted by atomic mass is 19.1. The van der Waals surface area contributed by atoms with Gasteiger partial charge in [0.05, 0.1) is 17.1 Å². The first-order chi connectivity index (χ1) is 14.4. The van der Waals surface area contributed by atoms with Crippen LogP contribution in [0.3, 0.4) is 0 Å². The molecule has 0 amide bonds. The Morgan fingerprint density at radius 3 is 2.87 bits per heavy atom. The number of carbonyl (C=O) groups is 1. The molecule has 3 N–H and O–H groups in total. The van der Waals surface area contributed by atoms with Gasteiger partial charge in [-0.25, -0.2) is 19.8 Å². The highest BCUT2D eigenvalue weighted by molar-refractivity contribution is 5.75. The van der Waals surface area contributed by atoms with Gasteiger partial charge < -0.3 is 10.6 Å². The van der Waals surface area contributed by atoms with Crippen molar-refractivity contribution in [3.05, 3.63) is 77.1 Å². The summed E-state index contributed by atoms with van der Waals surface area (Å²) in [5, 5.41) is 0. The van der Waals surface area contributed by atoms with Crippen LogP contribution in [0.25, 0.3) is 16.8 Å². The zero-order valence-electron chi connectivity index (χ0n) is 16.5. The van der Waals surface area contributed by atoms with E-state index in [0.29, 0.717) is 17.8 Å². The van der Waals surface area contributed by atoms with E-state index in [4.69, 9.17) is 10.6 Å². The van der Waals surface area contributed by atoms with Gasteiger partial charge in [-0.05, 0) is 42.3 Å². The van der Waals surface area contributed by atoms with Crippen molar-refractivity contribution in [1.29, 1.82) is 0 Å². The summed E-state index contributed by atoms with van der Waals surface area (Å²) in [4.78, 5) is 29.2. The van der Waals surface area contributed by atoms with Crippen LogP contribution in [-0.2, 0) is 16.1 Å². The Morgan fingerprint density at radius 2 is 2.13 bits per heavy atom. The lowest BCUT2D eigenvalue weighted by Crippen LogP contribution is -2.24. The molecule has 2 heterocycles. The molecule has 8 heteroatoms. The summed E-state index contributed by atoms with van der Waals surface area (Å²) in [5.41, 5.74) is 13.7. The first-order valence-electron chi connectivity index (χ1n) is 9.41. The zero-order valence-corrected chi connectivity index (χ0v) is 16.5. The Labute approximate surface area is 172 Å². The number of aryl methyl sites for hydroxylation is 1. The van der Waals surface area contributed by atoms with Crippen LogP contribution < -0.4 is 11.2 Å². The number of benzene rings is 1. The molecule has 0 saturated carbocycles. The minimum atomic E-state index is -0.480. The van der Waals surface area contributed by atoms with E-state index >= 15 is 0 Å². The predicted molar refractivity (Wildman–Crippen MR) is 110 cm³/mol. The van der Waals surface area contributed by atoms with Gasteiger partial charge in [0.2, 0.25) is 5.95 Å². The number of hydroxylamine groups is 1. The first-order valence-corrected chi connectivity index (χ1v) is 9.41. The third kappa shape index (κ3) is 3.84. The molecule has 0 spiro atoms. The zero-order chi connectivity index (χ0) is 21.3. The molecule has 3 aromatic rings. The van der Waals surface area contributed by atoms with Gasteiger partial charge in [0.1, 0.15) is 5.82 Å². The minimum Gasteiger partial charge on any atom is -0.368 e. The molecule has 1 aliphatic rings. The average molecular weight is 405 g/mol. The van der Waals surface area contributed by atoms with Gasteiger partial charge >= 0.3 is 5.97 Å². The smallest absolute Gasteiger partial charge is 0.329 e. The number of hydrogen-bond acceptors (Lipinski definition) is 7. The fourth-order valence-corrected chi connectivity index (χ4v) is 3.74. The third-order valence-electron chi connectivity index (χ3n) is 4.92.